The monoisotopic (exact) mass is 815 g/mol. The van der Waals surface area contributed by atoms with Gasteiger partial charge in [0.25, 0.3) is 11.8 Å². The van der Waals surface area contributed by atoms with Crippen molar-refractivity contribution in [3.05, 3.63) is 35.9 Å². The highest BCUT2D eigenvalue weighted by Gasteiger charge is 2.58. The van der Waals surface area contributed by atoms with E-state index in [0.717, 1.165) is 24.8 Å². The van der Waals surface area contributed by atoms with E-state index >= 15 is 0 Å². The molecule has 322 valence electrons. The Balaban J connectivity index is 1.44. The van der Waals surface area contributed by atoms with E-state index in [1.807, 2.05) is 44.2 Å². The number of amides is 5. The smallest absolute Gasteiger partial charge is 0.408 e. The van der Waals surface area contributed by atoms with Crippen molar-refractivity contribution in [3.8, 4) is 0 Å². The van der Waals surface area contributed by atoms with Gasteiger partial charge in [0.15, 0.2) is 5.78 Å². The van der Waals surface area contributed by atoms with E-state index in [9.17, 15) is 42.3 Å². The molecular formula is C43H63F2N5O8. The van der Waals surface area contributed by atoms with Gasteiger partial charge in [-0.15, -0.1) is 0 Å². The number of likely N-dealkylation sites (tertiary alicyclic amines) is 1. The maximum atomic E-state index is 14.4. The minimum Gasteiger partial charge on any atom is -0.444 e. The summed E-state index contributed by atoms with van der Waals surface area (Å²) in [5.41, 5.74) is -0.00418. The minimum absolute atomic E-state index is 0.0141. The zero-order valence-corrected chi connectivity index (χ0v) is 35.1. The Labute approximate surface area is 341 Å². The van der Waals surface area contributed by atoms with Crippen molar-refractivity contribution in [3.63, 3.8) is 0 Å². The van der Waals surface area contributed by atoms with E-state index in [2.05, 4.69) is 16.0 Å². The van der Waals surface area contributed by atoms with Crippen LogP contribution in [0.25, 0.3) is 0 Å². The molecule has 1 aliphatic heterocycles. The van der Waals surface area contributed by atoms with E-state index in [1.165, 1.54) is 9.80 Å². The molecule has 3 aliphatic rings. The molecule has 3 fully saturated rings. The zero-order valence-electron chi connectivity index (χ0n) is 35.1. The molecule has 5 amide bonds. The number of halogens is 2. The number of Topliss-reactive ketones (excluding diaryl/α,β-unsaturated/α-hetero) is 2. The molecule has 15 heteroatoms. The summed E-state index contributed by atoms with van der Waals surface area (Å²) in [5.74, 6) is -9.12. The fourth-order valence-corrected chi connectivity index (χ4v) is 8.06. The molecule has 0 radical (unpaired) electrons. The summed E-state index contributed by atoms with van der Waals surface area (Å²) in [6.07, 6.45) is 3.32. The first kappa shape index (κ1) is 46.3. The number of ketones is 2. The van der Waals surface area contributed by atoms with Gasteiger partial charge in [0, 0.05) is 39.4 Å². The molecule has 0 bridgehead atoms. The van der Waals surface area contributed by atoms with E-state index in [-0.39, 0.29) is 43.0 Å². The lowest BCUT2D eigenvalue weighted by Crippen LogP contribution is -2.58. The standard InChI is InChI=1S/C43H63F2N5O8/c1-26(2)29-21-34(50(25-29)40(56)35(28-17-12-9-13-18-28)48-41(57)58-42(3,4)5)37(53)47-33(22-30-23-43(30,44)45)36(52)38(54)46-24-31(51)19-14-20-32(39(55)49(6)7)27-15-10-8-11-16-27/h8,10-11,15-16,26,28-30,32-35H,9,12-14,17-25H2,1-7H3,(H,46,54)(H,47,53)(H,48,57)/t29-,30?,32?,33?,34+,35+/m1/s1. The fourth-order valence-electron chi connectivity index (χ4n) is 8.06. The summed E-state index contributed by atoms with van der Waals surface area (Å²) >= 11 is 0. The van der Waals surface area contributed by atoms with Crippen molar-refractivity contribution in [1.29, 1.82) is 0 Å². The maximum Gasteiger partial charge on any atom is 0.408 e. The molecule has 1 aromatic carbocycles. The number of nitrogens with zero attached hydrogens (tertiary/aromatic N) is 2. The lowest BCUT2D eigenvalue weighted by atomic mass is 9.83. The Kier molecular flexibility index (Phi) is 16.0. The van der Waals surface area contributed by atoms with Gasteiger partial charge in [0.05, 0.1) is 18.5 Å². The number of alkyl halides is 2. The average Bonchev–Trinajstić information content (AvgIpc) is 3.53. The van der Waals surface area contributed by atoms with Gasteiger partial charge in [-0.05, 0) is 82.6 Å². The summed E-state index contributed by atoms with van der Waals surface area (Å²) < 4.78 is 33.9. The van der Waals surface area contributed by atoms with E-state index < -0.39 is 96.3 Å². The normalized spacial score (nSPS) is 22.0. The number of ether oxygens (including phenoxy) is 1. The fraction of sp³-hybridized carbons (Fsp3) is 0.698. The van der Waals surface area contributed by atoms with Crippen LogP contribution in [0.5, 0.6) is 0 Å². The molecule has 1 heterocycles. The average molecular weight is 816 g/mol. The first-order chi connectivity index (χ1) is 27.2. The molecule has 6 atom stereocenters. The van der Waals surface area contributed by atoms with Gasteiger partial charge in [-0.1, -0.05) is 63.4 Å². The summed E-state index contributed by atoms with van der Waals surface area (Å²) in [6, 6.07) is 5.49. The number of nitrogens with one attached hydrogen (secondary N) is 3. The molecular weight excluding hydrogens is 752 g/mol. The second kappa shape index (κ2) is 20.0. The molecule has 1 saturated heterocycles. The molecule has 3 unspecified atom stereocenters. The number of carbonyl (C=O) groups is 7. The predicted octanol–water partition coefficient (Wildman–Crippen LogP) is 5.16. The quantitative estimate of drug-likeness (QED) is 0.171. The van der Waals surface area contributed by atoms with Crippen LogP contribution in [0.15, 0.2) is 30.3 Å². The molecule has 2 aliphatic carbocycles. The molecule has 1 aromatic rings. The molecule has 0 spiro atoms. The second-order valence-corrected chi connectivity index (χ2v) is 17.9. The number of hydrogen-bond acceptors (Lipinski definition) is 8. The Morgan fingerprint density at radius 1 is 0.948 bits per heavy atom. The predicted molar refractivity (Wildman–Crippen MR) is 213 cm³/mol. The SMILES string of the molecule is CC(C)[C@@H]1C[C@@H](C(=O)NC(CC2CC2(F)F)C(=O)C(=O)NCC(=O)CCCC(C(=O)N(C)C)c2ccccc2)N(C(=O)[C@@H](NC(=O)OC(C)(C)C)C2CCCCC2)C1. The largest absolute Gasteiger partial charge is 0.444 e. The number of benzene rings is 1. The minimum atomic E-state index is -3.06. The van der Waals surface area contributed by atoms with Crippen LogP contribution in [0, 0.1) is 23.7 Å². The van der Waals surface area contributed by atoms with Crippen LogP contribution in [0.3, 0.4) is 0 Å². The first-order valence-corrected chi connectivity index (χ1v) is 20.8. The number of rotatable bonds is 18. The molecule has 3 N–H and O–H groups in total. The highest BCUT2D eigenvalue weighted by molar-refractivity contribution is 6.38. The summed E-state index contributed by atoms with van der Waals surface area (Å²) in [6.45, 7) is 8.76. The number of carbonyl (C=O) groups excluding carboxylic acids is 7. The van der Waals surface area contributed by atoms with Crippen LogP contribution >= 0.6 is 0 Å². The van der Waals surface area contributed by atoms with Crippen molar-refractivity contribution in [2.45, 2.75) is 141 Å². The summed E-state index contributed by atoms with van der Waals surface area (Å²) in [5, 5.41) is 7.62. The molecule has 2 saturated carbocycles. The van der Waals surface area contributed by atoms with Gasteiger partial charge in [0.2, 0.25) is 23.5 Å². The third kappa shape index (κ3) is 13.0. The van der Waals surface area contributed by atoms with Crippen LogP contribution in [0.2, 0.25) is 0 Å². The van der Waals surface area contributed by atoms with Crippen molar-refractivity contribution < 1.29 is 47.1 Å². The van der Waals surface area contributed by atoms with Gasteiger partial charge >= 0.3 is 6.09 Å². The van der Waals surface area contributed by atoms with Gasteiger partial charge in [-0.25, -0.2) is 13.6 Å². The topological polar surface area (TPSA) is 171 Å². The Bertz CT molecular complexity index is 1640. The van der Waals surface area contributed by atoms with Crippen LogP contribution in [-0.4, -0.2) is 108 Å². The maximum absolute atomic E-state index is 14.4. The van der Waals surface area contributed by atoms with Crippen molar-refractivity contribution in [2.75, 3.05) is 27.2 Å². The Hall–Kier alpha value is -4.43. The first-order valence-electron chi connectivity index (χ1n) is 20.8. The van der Waals surface area contributed by atoms with Crippen LogP contribution in [0.4, 0.5) is 13.6 Å². The van der Waals surface area contributed by atoms with E-state index in [4.69, 9.17) is 4.74 Å². The third-order valence-electron chi connectivity index (χ3n) is 11.6. The van der Waals surface area contributed by atoms with Crippen LogP contribution in [0.1, 0.15) is 117 Å². The molecule has 4 rings (SSSR count). The van der Waals surface area contributed by atoms with Gasteiger partial charge in [0.1, 0.15) is 17.7 Å². The molecule has 0 aromatic heterocycles. The number of hydrogen-bond donors (Lipinski definition) is 3. The van der Waals surface area contributed by atoms with E-state index in [1.54, 1.807) is 34.9 Å². The van der Waals surface area contributed by atoms with Crippen molar-refractivity contribution >= 4 is 41.3 Å². The molecule has 58 heavy (non-hydrogen) atoms. The summed E-state index contributed by atoms with van der Waals surface area (Å²) in [4.78, 5) is 96.8. The van der Waals surface area contributed by atoms with E-state index in [0.29, 0.717) is 25.7 Å². The van der Waals surface area contributed by atoms with Crippen molar-refractivity contribution in [2.24, 2.45) is 23.7 Å². The van der Waals surface area contributed by atoms with Crippen molar-refractivity contribution in [1.82, 2.24) is 25.8 Å². The highest BCUT2D eigenvalue weighted by Crippen LogP contribution is 2.51. The lowest BCUT2D eigenvalue weighted by Gasteiger charge is -2.35. The Morgan fingerprint density at radius 3 is 2.16 bits per heavy atom. The third-order valence-corrected chi connectivity index (χ3v) is 11.6. The second-order valence-electron chi connectivity index (χ2n) is 17.9. The van der Waals surface area contributed by atoms with Gasteiger partial charge in [-0.2, -0.15) is 0 Å². The zero-order chi connectivity index (χ0) is 42.9. The van der Waals surface area contributed by atoms with Gasteiger partial charge in [-0.3, -0.25) is 28.8 Å². The number of alkyl carbamates (subject to hydrolysis) is 1. The van der Waals surface area contributed by atoms with Crippen LogP contribution in [-0.2, 0) is 33.5 Å². The van der Waals surface area contributed by atoms with Crippen LogP contribution < -0.4 is 16.0 Å². The lowest BCUT2D eigenvalue weighted by molar-refractivity contribution is -0.143. The summed E-state index contributed by atoms with van der Waals surface area (Å²) in [7, 11) is 3.31. The number of likely N-dealkylation sites (N-methyl/N-ethyl adjacent to an activating group) is 1. The Morgan fingerprint density at radius 2 is 1.59 bits per heavy atom. The molecule has 13 nitrogen and oxygen atoms in total. The highest BCUT2D eigenvalue weighted by atomic mass is 19.3. The van der Waals surface area contributed by atoms with Gasteiger partial charge < -0.3 is 30.5 Å².